The van der Waals surface area contributed by atoms with Crippen LogP contribution in [-0.2, 0) is 0 Å². The lowest BCUT2D eigenvalue weighted by molar-refractivity contribution is 0.103. The average Bonchev–Trinajstić information content (AvgIpc) is 2.55. The summed E-state index contributed by atoms with van der Waals surface area (Å²) < 4.78 is 0. The van der Waals surface area contributed by atoms with Crippen molar-refractivity contribution in [2.75, 3.05) is 0 Å². The van der Waals surface area contributed by atoms with Crippen molar-refractivity contribution in [1.29, 1.82) is 0 Å². The topological polar surface area (TPSA) is 42.9 Å². The summed E-state index contributed by atoms with van der Waals surface area (Å²) >= 11 is 0. The molecule has 0 aromatic carbocycles. The van der Waals surface area contributed by atoms with Crippen LogP contribution in [0.25, 0.3) is 11.1 Å². The Morgan fingerprint density at radius 3 is 1.86 bits per heavy atom. The van der Waals surface area contributed by atoms with E-state index in [1.165, 1.54) is 0 Å². The number of rotatable bonds is 0. The van der Waals surface area contributed by atoms with Gasteiger partial charge in [0.1, 0.15) is 11.4 Å². The molecule has 0 spiro atoms. The van der Waals surface area contributed by atoms with Gasteiger partial charge in [0.05, 0.1) is 0 Å². The van der Waals surface area contributed by atoms with E-state index in [1.807, 2.05) is 24.3 Å². The van der Waals surface area contributed by atoms with E-state index in [0.717, 1.165) is 11.1 Å². The Balaban J connectivity index is 2.42. The maximum absolute atomic E-state index is 11.8. The van der Waals surface area contributed by atoms with E-state index >= 15 is 0 Å². The molecule has 0 atom stereocenters. The van der Waals surface area contributed by atoms with Gasteiger partial charge < -0.3 is 0 Å². The molecule has 0 bridgehead atoms. The number of pyridine rings is 2. The van der Waals surface area contributed by atoms with Gasteiger partial charge in [-0.25, -0.2) is 0 Å². The maximum Gasteiger partial charge on any atom is 0.230 e. The predicted octanol–water partition coefficient (Wildman–Crippen LogP) is 1.69. The summed E-state index contributed by atoms with van der Waals surface area (Å²) in [6, 6.07) is 7.45. The molecule has 0 fully saturated rings. The minimum atomic E-state index is -0.0730. The second-order valence-electron chi connectivity index (χ2n) is 3.13. The van der Waals surface area contributed by atoms with Crippen molar-refractivity contribution in [3.05, 3.63) is 48.0 Å². The summed E-state index contributed by atoms with van der Waals surface area (Å²) in [5.41, 5.74) is 2.81. The van der Waals surface area contributed by atoms with Gasteiger partial charge in [0.15, 0.2) is 0 Å². The Morgan fingerprint density at radius 1 is 0.857 bits per heavy atom. The zero-order chi connectivity index (χ0) is 9.54. The number of aromatic nitrogens is 2. The van der Waals surface area contributed by atoms with Crippen molar-refractivity contribution in [2.24, 2.45) is 0 Å². The molecule has 0 unspecified atom stereocenters. The fourth-order valence-electron chi connectivity index (χ4n) is 1.72. The number of hydrogen-bond donors (Lipinski definition) is 0. The SMILES string of the molecule is O=C1c2ncccc2-c2cccnc21. The van der Waals surface area contributed by atoms with Gasteiger partial charge in [-0.1, -0.05) is 12.1 Å². The highest BCUT2D eigenvalue weighted by Crippen LogP contribution is 2.32. The molecule has 0 aliphatic heterocycles. The zero-order valence-electron chi connectivity index (χ0n) is 7.27. The molecule has 0 amide bonds. The molecule has 0 radical (unpaired) electrons. The van der Waals surface area contributed by atoms with Crippen LogP contribution in [0.3, 0.4) is 0 Å². The van der Waals surface area contributed by atoms with Gasteiger partial charge in [-0.15, -0.1) is 0 Å². The van der Waals surface area contributed by atoms with Crippen molar-refractivity contribution in [3.63, 3.8) is 0 Å². The van der Waals surface area contributed by atoms with Gasteiger partial charge in [-0.05, 0) is 12.1 Å². The van der Waals surface area contributed by atoms with E-state index < -0.39 is 0 Å². The van der Waals surface area contributed by atoms with Crippen LogP contribution >= 0.6 is 0 Å². The molecule has 0 saturated heterocycles. The number of carbonyl (C=O) groups is 1. The molecule has 0 N–H and O–H groups in total. The molecule has 2 aromatic rings. The normalized spacial score (nSPS) is 12.4. The van der Waals surface area contributed by atoms with Crippen LogP contribution < -0.4 is 0 Å². The highest BCUT2D eigenvalue weighted by Gasteiger charge is 2.28. The van der Waals surface area contributed by atoms with Crippen LogP contribution in [0.1, 0.15) is 16.2 Å². The van der Waals surface area contributed by atoms with Crippen molar-refractivity contribution < 1.29 is 4.79 Å². The molecule has 2 aromatic heterocycles. The number of fused-ring (bicyclic) bond motifs is 3. The van der Waals surface area contributed by atoms with Crippen molar-refractivity contribution >= 4 is 5.78 Å². The Labute approximate surface area is 80.4 Å². The highest BCUT2D eigenvalue weighted by molar-refractivity contribution is 6.19. The summed E-state index contributed by atoms with van der Waals surface area (Å²) in [7, 11) is 0. The van der Waals surface area contributed by atoms with Gasteiger partial charge >= 0.3 is 0 Å². The standard InChI is InChI=1S/C11H6N2O/c14-11-9-7(3-1-5-12-9)8-4-2-6-13-10(8)11/h1-6H. The lowest BCUT2D eigenvalue weighted by Crippen LogP contribution is -1.99. The van der Waals surface area contributed by atoms with Gasteiger partial charge in [-0.2, -0.15) is 0 Å². The van der Waals surface area contributed by atoms with E-state index in [9.17, 15) is 4.79 Å². The number of nitrogens with zero attached hydrogens (tertiary/aromatic N) is 2. The first-order valence-electron chi connectivity index (χ1n) is 4.33. The molecule has 1 aliphatic carbocycles. The Hall–Kier alpha value is -2.03. The van der Waals surface area contributed by atoms with E-state index in [4.69, 9.17) is 0 Å². The minimum absolute atomic E-state index is 0.0730. The largest absolute Gasteiger partial charge is 0.285 e. The number of carbonyl (C=O) groups excluding carboxylic acids is 1. The van der Waals surface area contributed by atoms with E-state index in [0.29, 0.717) is 11.4 Å². The first-order valence-corrected chi connectivity index (χ1v) is 4.33. The number of hydrogen-bond acceptors (Lipinski definition) is 3. The average molecular weight is 182 g/mol. The van der Waals surface area contributed by atoms with Crippen molar-refractivity contribution in [2.45, 2.75) is 0 Å². The van der Waals surface area contributed by atoms with E-state index in [2.05, 4.69) is 9.97 Å². The molecule has 3 heteroatoms. The first-order chi connectivity index (χ1) is 6.88. The third-order valence-corrected chi connectivity index (χ3v) is 2.34. The van der Waals surface area contributed by atoms with Crippen LogP contribution in [0.15, 0.2) is 36.7 Å². The lowest BCUT2D eigenvalue weighted by Gasteiger charge is -1.95. The molecule has 66 valence electrons. The monoisotopic (exact) mass is 182 g/mol. The molecule has 2 heterocycles. The molecule has 3 nitrogen and oxygen atoms in total. The third kappa shape index (κ3) is 0.785. The molecule has 0 saturated carbocycles. The second kappa shape index (κ2) is 2.48. The molecule has 14 heavy (non-hydrogen) atoms. The molecule has 1 aliphatic rings. The Kier molecular flexibility index (Phi) is 1.31. The molecular weight excluding hydrogens is 176 g/mol. The Morgan fingerprint density at radius 2 is 1.36 bits per heavy atom. The fourth-order valence-corrected chi connectivity index (χ4v) is 1.72. The third-order valence-electron chi connectivity index (χ3n) is 2.34. The van der Waals surface area contributed by atoms with Crippen LogP contribution in [0.2, 0.25) is 0 Å². The predicted molar refractivity (Wildman–Crippen MR) is 50.9 cm³/mol. The second-order valence-corrected chi connectivity index (χ2v) is 3.13. The van der Waals surface area contributed by atoms with Crippen molar-refractivity contribution in [1.82, 2.24) is 9.97 Å². The van der Waals surface area contributed by atoms with E-state index in [1.54, 1.807) is 12.4 Å². The van der Waals surface area contributed by atoms with Gasteiger partial charge in [0.2, 0.25) is 5.78 Å². The highest BCUT2D eigenvalue weighted by atomic mass is 16.1. The fraction of sp³-hybridized carbons (Fsp3) is 0. The summed E-state index contributed by atoms with van der Waals surface area (Å²) in [5.74, 6) is -0.0730. The van der Waals surface area contributed by atoms with Crippen LogP contribution in [-0.4, -0.2) is 15.8 Å². The minimum Gasteiger partial charge on any atom is -0.285 e. The van der Waals surface area contributed by atoms with Gasteiger partial charge in [0.25, 0.3) is 0 Å². The van der Waals surface area contributed by atoms with Crippen molar-refractivity contribution in [3.8, 4) is 11.1 Å². The number of ketones is 1. The molecule has 3 rings (SSSR count). The Bertz CT molecular complexity index is 487. The summed E-state index contributed by atoms with van der Waals surface area (Å²) in [4.78, 5) is 19.9. The van der Waals surface area contributed by atoms with Gasteiger partial charge in [-0.3, -0.25) is 14.8 Å². The summed E-state index contributed by atoms with van der Waals surface area (Å²) in [6.45, 7) is 0. The molecular formula is C11H6N2O. The quantitative estimate of drug-likeness (QED) is 0.531. The zero-order valence-corrected chi connectivity index (χ0v) is 7.27. The van der Waals surface area contributed by atoms with E-state index in [-0.39, 0.29) is 5.78 Å². The summed E-state index contributed by atoms with van der Waals surface area (Å²) in [5, 5.41) is 0. The first kappa shape index (κ1) is 7.38. The summed E-state index contributed by atoms with van der Waals surface area (Å²) in [6.07, 6.45) is 3.26. The van der Waals surface area contributed by atoms with Gasteiger partial charge in [0, 0.05) is 23.5 Å². The van der Waals surface area contributed by atoms with Crippen LogP contribution in [0.4, 0.5) is 0 Å². The maximum atomic E-state index is 11.8. The lowest BCUT2D eigenvalue weighted by atomic mass is 10.1. The van der Waals surface area contributed by atoms with Crippen LogP contribution in [0, 0.1) is 0 Å². The van der Waals surface area contributed by atoms with Crippen LogP contribution in [0.5, 0.6) is 0 Å². The smallest absolute Gasteiger partial charge is 0.230 e.